The molecule has 0 radical (unpaired) electrons. The number of hydrogen-bond acceptors (Lipinski definition) is 3. The van der Waals surface area contributed by atoms with Crippen molar-refractivity contribution >= 4 is 8.60 Å². The highest BCUT2D eigenvalue weighted by Gasteiger charge is 2.24. The Bertz CT molecular complexity index is 1310. The lowest BCUT2D eigenvalue weighted by molar-refractivity contribution is 0.373. The zero-order chi connectivity index (χ0) is 33.9. The topological polar surface area (TPSA) is 49.7 Å². The summed E-state index contributed by atoms with van der Waals surface area (Å²) >= 11 is 0. The van der Waals surface area contributed by atoms with E-state index in [-0.39, 0.29) is 0 Å². The van der Waals surface area contributed by atoms with E-state index in [0.717, 1.165) is 56.9 Å². The molecule has 4 heteroatoms. The number of aryl methyl sites for hydroxylation is 2. The Morgan fingerprint density at radius 2 is 0.872 bits per heavy atom. The highest BCUT2D eigenvalue weighted by Crippen LogP contribution is 2.46. The summed E-state index contributed by atoms with van der Waals surface area (Å²) in [4.78, 5) is 20.2. The normalized spacial score (nSPS) is 11.5. The van der Waals surface area contributed by atoms with Crippen molar-refractivity contribution in [1.82, 2.24) is 0 Å². The van der Waals surface area contributed by atoms with Gasteiger partial charge in [-0.2, -0.15) is 0 Å². The lowest BCUT2D eigenvalue weighted by atomic mass is 9.80. The standard InChI is InChI=1S/C43H65O3P/c1-6-11-16-23-34-25-21-30-38(36(34)27-18-13-8-3)40-32-33-42(46-47(44)45)41(29-20-15-10-5)43(40)39-31-22-26-35(24-17-12-7-2)37(39)28-19-14-9-4/h21-22,25-26,30-33,44-45H,6-20,23-24,27-29H2,1-5H3. The summed E-state index contributed by atoms with van der Waals surface area (Å²) < 4.78 is 5.85. The number of benzene rings is 3. The van der Waals surface area contributed by atoms with Crippen LogP contribution in [0.2, 0.25) is 0 Å². The lowest BCUT2D eigenvalue weighted by Crippen LogP contribution is -2.05. The average molecular weight is 661 g/mol. The SMILES string of the molecule is CCCCCc1cccc(-c2ccc(OP(O)O)c(CCCCC)c2-c2cccc(CCCCC)c2CCCCC)c1CCCCC. The Balaban J connectivity index is 2.39. The molecule has 0 aromatic heterocycles. The molecule has 0 saturated heterocycles. The Kier molecular flexibility index (Phi) is 18.7. The van der Waals surface area contributed by atoms with Crippen molar-refractivity contribution in [1.29, 1.82) is 0 Å². The fourth-order valence-electron chi connectivity index (χ4n) is 7.18. The summed E-state index contributed by atoms with van der Waals surface area (Å²) in [5, 5.41) is 0. The van der Waals surface area contributed by atoms with Crippen LogP contribution in [0.1, 0.15) is 159 Å². The van der Waals surface area contributed by atoms with Crippen LogP contribution in [0, 0.1) is 0 Å². The smallest absolute Gasteiger partial charge is 0.391 e. The molecule has 3 nitrogen and oxygen atoms in total. The fraction of sp³-hybridized carbons (Fsp3) is 0.581. The van der Waals surface area contributed by atoms with E-state index in [4.69, 9.17) is 4.52 Å². The third kappa shape index (κ3) is 12.0. The van der Waals surface area contributed by atoms with Gasteiger partial charge >= 0.3 is 8.60 Å². The van der Waals surface area contributed by atoms with Gasteiger partial charge in [0, 0.05) is 5.56 Å². The number of hydrogen-bond donors (Lipinski definition) is 2. The van der Waals surface area contributed by atoms with Crippen molar-refractivity contribution < 1.29 is 14.3 Å². The van der Waals surface area contributed by atoms with Gasteiger partial charge < -0.3 is 14.3 Å². The second-order valence-corrected chi connectivity index (χ2v) is 14.2. The second kappa shape index (κ2) is 22.4. The molecule has 0 heterocycles. The number of unbranched alkanes of at least 4 members (excludes halogenated alkanes) is 10. The molecule has 2 N–H and O–H groups in total. The Morgan fingerprint density at radius 1 is 0.447 bits per heavy atom. The molecule has 0 aliphatic heterocycles. The lowest BCUT2D eigenvalue weighted by Gasteiger charge is -2.25. The van der Waals surface area contributed by atoms with E-state index in [0.29, 0.717) is 5.75 Å². The van der Waals surface area contributed by atoms with Gasteiger partial charge in [-0.25, -0.2) is 0 Å². The largest absolute Gasteiger partial charge is 0.427 e. The van der Waals surface area contributed by atoms with Crippen LogP contribution in [0.5, 0.6) is 5.75 Å². The highest BCUT2D eigenvalue weighted by molar-refractivity contribution is 7.39. The average Bonchev–Trinajstić information content (AvgIpc) is 3.06. The predicted molar refractivity (Wildman–Crippen MR) is 205 cm³/mol. The molecule has 3 aromatic rings. The summed E-state index contributed by atoms with van der Waals surface area (Å²) in [6, 6.07) is 18.2. The van der Waals surface area contributed by atoms with E-state index < -0.39 is 8.60 Å². The van der Waals surface area contributed by atoms with E-state index in [1.54, 1.807) is 0 Å². The first-order valence-electron chi connectivity index (χ1n) is 19.2. The van der Waals surface area contributed by atoms with Crippen LogP contribution >= 0.6 is 8.60 Å². The first-order chi connectivity index (χ1) is 23.0. The van der Waals surface area contributed by atoms with Gasteiger partial charge in [0.05, 0.1) is 0 Å². The second-order valence-electron chi connectivity index (χ2n) is 13.5. The van der Waals surface area contributed by atoms with Crippen molar-refractivity contribution in [2.75, 3.05) is 0 Å². The van der Waals surface area contributed by atoms with Crippen LogP contribution in [-0.4, -0.2) is 9.79 Å². The molecule has 0 aliphatic rings. The van der Waals surface area contributed by atoms with E-state index in [1.807, 2.05) is 6.07 Å². The van der Waals surface area contributed by atoms with Gasteiger partial charge in [0.1, 0.15) is 5.75 Å². The van der Waals surface area contributed by atoms with Crippen LogP contribution in [0.15, 0.2) is 48.5 Å². The van der Waals surface area contributed by atoms with E-state index in [2.05, 4.69) is 77.1 Å². The zero-order valence-corrected chi connectivity index (χ0v) is 31.4. The van der Waals surface area contributed by atoms with Crippen LogP contribution in [0.3, 0.4) is 0 Å². The maximum absolute atomic E-state index is 10.1. The van der Waals surface area contributed by atoms with Gasteiger partial charge in [-0.3, -0.25) is 0 Å². The predicted octanol–water partition coefficient (Wildman–Crippen LogP) is 13.3. The minimum atomic E-state index is -2.52. The van der Waals surface area contributed by atoms with Gasteiger partial charge in [-0.15, -0.1) is 0 Å². The van der Waals surface area contributed by atoms with Crippen LogP contribution in [0.4, 0.5) is 0 Å². The summed E-state index contributed by atoms with van der Waals surface area (Å²) in [5.74, 6) is 0.624. The van der Waals surface area contributed by atoms with Crippen LogP contribution in [0.25, 0.3) is 22.3 Å². The van der Waals surface area contributed by atoms with Gasteiger partial charge in [-0.05, 0) is 115 Å². The van der Waals surface area contributed by atoms with Crippen molar-refractivity contribution in [3.63, 3.8) is 0 Å². The van der Waals surface area contributed by atoms with Crippen molar-refractivity contribution in [3.8, 4) is 28.0 Å². The fourth-order valence-corrected chi connectivity index (χ4v) is 7.53. The molecule has 0 bridgehead atoms. The molecule has 260 valence electrons. The zero-order valence-electron chi connectivity index (χ0n) is 30.5. The molecule has 3 rings (SSSR count). The van der Waals surface area contributed by atoms with Crippen LogP contribution in [-0.2, 0) is 32.1 Å². The first kappa shape index (κ1) is 39.3. The van der Waals surface area contributed by atoms with Crippen molar-refractivity contribution in [2.45, 2.75) is 163 Å². The molecular formula is C43H65O3P. The highest BCUT2D eigenvalue weighted by atomic mass is 31.2. The third-order valence-electron chi connectivity index (χ3n) is 9.75. The third-order valence-corrected chi connectivity index (χ3v) is 10.1. The van der Waals surface area contributed by atoms with Gasteiger partial charge in [0.15, 0.2) is 0 Å². The summed E-state index contributed by atoms with van der Waals surface area (Å²) in [6.45, 7) is 11.4. The van der Waals surface area contributed by atoms with Crippen LogP contribution < -0.4 is 4.52 Å². The molecule has 0 spiro atoms. The first-order valence-corrected chi connectivity index (χ1v) is 20.4. The molecule has 0 atom stereocenters. The molecule has 0 saturated carbocycles. The molecule has 47 heavy (non-hydrogen) atoms. The number of rotatable bonds is 24. The van der Waals surface area contributed by atoms with Gasteiger partial charge in [0.25, 0.3) is 0 Å². The van der Waals surface area contributed by atoms with Gasteiger partial charge in [-0.1, -0.05) is 141 Å². The molecule has 3 aromatic carbocycles. The van der Waals surface area contributed by atoms with E-state index in [1.165, 1.54) is 122 Å². The van der Waals surface area contributed by atoms with E-state index >= 15 is 0 Å². The van der Waals surface area contributed by atoms with Crippen molar-refractivity contribution in [3.05, 3.63) is 76.3 Å². The maximum atomic E-state index is 10.1. The maximum Gasteiger partial charge on any atom is 0.391 e. The molecule has 0 aliphatic carbocycles. The van der Waals surface area contributed by atoms with Crippen molar-refractivity contribution in [2.24, 2.45) is 0 Å². The summed E-state index contributed by atoms with van der Waals surface area (Å²) in [6.07, 6.45) is 23.2. The Morgan fingerprint density at radius 3 is 1.34 bits per heavy atom. The summed E-state index contributed by atoms with van der Waals surface area (Å²) in [7, 11) is -2.52. The van der Waals surface area contributed by atoms with E-state index in [9.17, 15) is 9.79 Å². The molecule has 0 unspecified atom stereocenters. The monoisotopic (exact) mass is 660 g/mol. The molecular weight excluding hydrogens is 595 g/mol. The Hall–Kier alpha value is -2.19. The summed E-state index contributed by atoms with van der Waals surface area (Å²) in [5.41, 5.74) is 12.3. The molecule has 0 fully saturated rings. The minimum Gasteiger partial charge on any atom is -0.427 e. The Labute approximate surface area is 289 Å². The van der Waals surface area contributed by atoms with Gasteiger partial charge in [0.2, 0.25) is 0 Å². The molecule has 0 amide bonds. The quantitative estimate of drug-likeness (QED) is 0.0742. The minimum absolute atomic E-state index is 0.624.